The average Bonchev–Trinajstić information content (AvgIpc) is 4.02. The van der Waals surface area contributed by atoms with Crippen molar-refractivity contribution in [2.75, 3.05) is 0 Å². The van der Waals surface area contributed by atoms with Crippen LogP contribution in [-0.2, 0) is 0 Å². The standard InChI is InChI=1S/C58H38N4O/c1-4-16-37(17-5-1)49-36-50(60-58(59-49)38-18-6-2-7-19-38)46-26-14-24-44-45-25-15-29-55(57(45)63-56(44)46)62-52-28-13-11-23-43(52)48-35-40(31-33-54(48)62)39-30-32-53-47(34-39)42-22-10-12-27-51(42)61(53)41-20-8-3-9-21-41/h1-35,50H,36H2. The molecular formula is C58H38N4O. The maximum absolute atomic E-state index is 7.14. The van der Waals surface area contributed by atoms with Gasteiger partial charge in [-0.05, 0) is 71.3 Å². The monoisotopic (exact) mass is 806 g/mol. The minimum absolute atomic E-state index is 0.179. The van der Waals surface area contributed by atoms with Gasteiger partial charge in [-0.25, -0.2) is 4.99 Å². The molecule has 63 heavy (non-hydrogen) atoms. The summed E-state index contributed by atoms with van der Waals surface area (Å²) in [6.07, 6.45) is 0.667. The summed E-state index contributed by atoms with van der Waals surface area (Å²) >= 11 is 0. The maximum Gasteiger partial charge on any atom is 0.159 e. The lowest BCUT2D eigenvalue weighted by atomic mass is 9.94. The summed E-state index contributed by atoms with van der Waals surface area (Å²) < 4.78 is 11.9. The Morgan fingerprint density at radius 1 is 0.397 bits per heavy atom. The summed E-state index contributed by atoms with van der Waals surface area (Å²) in [5.74, 6) is 0.739. The number of fused-ring (bicyclic) bond motifs is 9. The summed E-state index contributed by atoms with van der Waals surface area (Å²) in [6, 6.07) is 75.5. The fourth-order valence-electron chi connectivity index (χ4n) is 9.98. The van der Waals surface area contributed by atoms with Crippen LogP contribution in [0.4, 0.5) is 0 Å². The molecule has 1 aliphatic rings. The smallest absolute Gasteiger partial charge is 0.159 e. The molecule has 1 aliphatic heterocycles. The Morgan fingerprint density at radius 2 is 0.921 bits per heavy atom. The molecule has 3 aromatic heterocycles. The van der Waals surface area contributed by atoms with Crippen LogP contribution < -0.4 is 0 Å². The molecule has 5 heteroatoms. The highest BCUT2D eigenvalue weighted by molar-refractivity contribution is 6.16. The Kier molecular flexibility index (Phi) is 7.97. The van der Waals surface area contributed by atoms with E-state index in [0.29, 0.717) is 6.42 Å². The van der Waals surface area contributed by atoms with Gasteiger partial charge in [-0.1, -0.05) is 158 Å². The Bertz CT molecular complexity index is 3820. The van der Waals surface area contributed by atoms with Gasteiger partial charge in [-0.15, -0.1) is 0 Å². The zero-order chi connectivity index (χ0) is 41.4. The first-order valence-corrected chi connectivity index (χ1v) is 21.6. The van der Waals surface area contributed by atoms with Gasteiger partial charge in [0.25, 0.3) is 0 Å². The second-order valence-corrected chi connectivity index (χ2v) is 16.4. The number of furan rings is 1. The van der Waals surface area contributed by atoms with Gasteiger partial charge in [0, 0.05) is 55.6 Å². The highest BCUT2D eigenvalue weighted by Gasteiger charge is 2.26. The topological polar surface area (TPSA) is 47.7 Å². The molecule has 0 radical (unpaired) electrons. The first kappa shape index (κ1) is 35.5. The molecule has 1 atom stereocenters. The van der Waals surface area contributed by atoms with Crippen molar-refractivity contribution in [2.45, 2.75) is 12.5 Å². The lowest BCUT2D eigenvalue weighted by Gasteiger charge is -2.21. The van der Waals surface area contributed by atoms with E-state index in [0.717, 1.165) is 72.6 Å². The minimum Gasteiger partial charge on any atom is -0.453 e. The van der Waals surface area contributed by atoms with E-state index < -0.39 is 0 Å². The van der Waals surface area contributed by atoms with Gasteiger partial charge < -0.3 is 13.6 Å². The van der Waals surface area contributed by atoms with Crippen LogP contribution in [0.5, 0.6) is 0 Å². The third-order valence-electron chi connectivity index (χ3n) is 12.9. The zero-order valence-corrected chi connectivity index (χ0v) is 34.2. The molecule has 13 rings (SSSR count). The predicted octanol–water partition coefficient (Wildman–Crippen LogP) is 14.8. The number of aromatic nitrogens is 2. The number of hydrogen-bond acceptors (Lipinski definition) is 3. The Labute approximate surface area is 363 Å². The predicted molar refractivity (Wildman–Crippen MR) is 261 cm³/mol. The Morgan fingerprint density at radius 3 is 1.60 bits per heavy atom. The second-order valence-electron chi connectivity index (χ2n) is 16.4. The van der Waals surface area contributed by atoms with Crippen molar-refractivity contribution < 1.29 is 4.42 Å². The molecule has 296 valence electrons. The third-order valence-corrected chi connectivity index (χ3v) is 12.9. The van der Waals surface area contributed by atoms with E-state index in [4.69, 9.17) is 14.4 Å². The summed E-state index contributed by atoms with van der Waals surface area (Å²) in [5, 5.41) is 7.04. The molecule has 0 aliphatic carbocycles. The van der Waals surface area contributed by atoms with Crippen LogP contribution >= 0.6 is 0 Å². The number of amidine groups is 1. The lowest BCUT2D eigenvalue weighted by molar-refractivity contribution is 0.646. The van der Waals surface area contributed by atoms with Crippen LogP contribution in [0.2, 0.25) is 0 Å². The highest BCUT2D eigenvalue weighted by atomic mass is 16.3. The van der Waals surface area contributed by atoms with Crippen molar-refractivity contribution in [2.24, 2.45) is 9.98 Å². The normalized spacial score (nSPS) is 14.3. The van der Waals surface area contributed by atoms with Crippen LogP contribution in [0.1, 0.15) is 29.2 Å². The summed E-state index contributed by atoms with van der Waals surface area (Å²) in [7, 11) is 0. The number of hydrogen-bond donors (Lipinski definition) is 0. The number of para-hydroxylation sites is 5. The number of aliphatic imine (C=N–C) groups is 2. The van der Waals surface area contributed by atoms with E-state index in [1.165, 1.54) is 43.7 Å². The minimum atomic E-state index is -0.179. The molecular weight excluding hydrogens is 769 g/mol. The van der Waals surface area contributed by atoms with Gasteiger partial charge in [-0.2, -0.15) is 0 Å². The first-order chi connectivity index (χ1) is 31.2. The van der Waals surface area contributed by atoms with Gasteiger partial charge in [0.2, 0.25) is 0 Å². The summed E-state index contributed by atoms with van der Waals surface area (Å²) in [5.41, 5.74) is 15.1. The number of rotatable bonds is 6. The lowest BCUT2D eigenvalue weighted by Crippen LogP contribution is -2.17. The van der Waals surface area contributed by atoms with E-state index in [9.17, 15) is 0 Å². The highest BCUT2D eigenvalue weighted by Crippen LogP contribution is 2.43. The van der Waals surface area contributed by atoms with Crippen LogP contribution in [0.25, 0.3) is 88.1 Å². The van der Waals surface area contributed by atoms with Crippen molar-refractivity contribution in [1.29, 1.82) is 0 Å². The third kappa shape index (κ3) is 5.63. The molecule has 1 unspecified atom stereocenters. The molecule has 0 saturated heterocycles. The SMILES string of the molecule is c1ccc(C2=NC(c3ccccc3)=NC(c3cccc4c3oc3c(-n5c6ccccc6c6cc(-c7ccc8c(c7)c7ccccc7n8-c7ccccc7)ccc65)cccc34)C2)cc1. The van der Waals surface area contributed by atoms with Crippen molar-refractivity contribution in [3.05, 3.63) is 229 Å². The molecule has 5 nitrogen and oxygen atoms in total. The van der Waals surface area contributed by atoms with Crippen molar-refractivity contribution in [3.63, 3.8) is 0 Å². The molecule has 0 spiro atoms. The van der Waals surface area contributed by atoms with Gasteiger partial charge in [0.1, 0.15) is 5.58 Å². The van der Waals surface area contributed by atoms with Gasteiger partial charge in [-0.3, -0.25) is 4.99 Å². The fourth-order valence-corrected chi connectivity index (χ4v) is 9.98. The van der Waals surface area contributed by atoms with E-state index in [-0.39, 0.29) is 6.04 Å². The van der Waals surface area contributed by atoms with Crippen molar-refractivity contribution in [1.82, 2.24) is 9.13 Å². The van der Waals surface area contributed by atoms with Crippen molar-refractivity contribution >= 4 is 77.1 Å². The molecule has 0 bridgehead atoms. The van der Waals surface area contributed by atoms with Crippen molar-refractivity contribution in [3.8, 4) is 22.5 Å². The molecule has 0 fully saturated rings. The molecule has 12 aromatic rings. The average molecular weight is 807 g/mol. The number of nitrogens with zero attached hydrogens (tertiary/aromatic N) is 4. The summed E-state index contributed by atoms with van der Waals surface area (Å²) in [6.45, 7) is 0. The quantitative estimate of drug-likeness (QED) is 0.165. The van der Waals surface area contributed by atoms with E-state index in [1.807, 2.05) is 24.3 Å². The molecule has 0 amide bonds. The van der Waals surface area contributed by atoms with Crippen LogP contribution in [0.3, 0.4) is 0 Å². The summed E-state index contributed by atoms with van der Waals surface area (Å²) in [4.78, 5) is 10.4. The molecule has 0 N–H and O–H groups in total. The van der Waals surface area contributed by atoms with Gasteiger partial charge >= 0.3 is 0 Å². The molecule has 9 aromatic carbocycles. The van der Waals surface area contributed by atoms with Crippen LogP contribution in [0, 0.1) is 0 Å². The Balaban J connectivity index is 0.956. The van der Waals surface area contributed by atoms with Gasteiger partial charge in [0.05, 0.1) is 39.5 Å². The maximum atomic E-state index is 7.14. The second kappa shape index (κ2) is 14.2. The van der Waals surface area contributed by atoms with Crippen LogP contribution in [0.15, 0.2) is 227 Å². The number of benzene rings is 9. The first-order valence-electron chi connectivity index (χ1n) is 21.6. The van der Waals surface area contributed by atoms with E-state index >= 15 is 0 Å². The van der Waals surface area contributed by atoms with E-state index in [1.54, 1.807) is 0 Å². The van der Waals surface area contributed by atoms with Gasteiger partial charge in [0.15, 0.2) is 11.4 Å². The van der Waals surface area contributed by atoms with Crippen LogP contribution in [-0.4, -0.2) is 20.7 Å². The zero-order valence-electron chi connectivity index (χ0n) is 34.2. The molecule has 0 saturated carbocycles. The fraction of sp³-hybridized carbons (Fsp3) is 0.0345. The van der Waals surface area contributed by atoms with E-state index in [2.05, 4.69) is 197 Å². The Hall–Kier alpha value is -8.28. The largest absolute Gasteiger partial charge is 0.453 e. The molecule has 4 heterocycles.